The van der Waals surface area contributed by atoms with Gasteiger partial charge in [-0.05, 0) is 44.6 Å². The van der Waals surface area contributed by atoms with Gasteiger partial charge in [0, 0.05) is 12.1 Å². The topological polar surface area (TPSA) is 69.6 Å². The van der Waals surface area contributed by atoms with Crippen molar-refractivity contribution in [1.29, 1.82) is 0 Å². The molecule has 0 spiro atoms. The van der Waals surface area contributed by atoms with Crippen LogP contribution in [0, 0.1) is 12.7 Å². The van der Waals surface area contributed by atoms with Crippen molar-refractivity contribution in [3.63, 3.8) is 0 Å². The van der Waals surface area contributed by atoms with Crippen molar-refractivity contribution in [2.45, 2.75) is 19.8 Å². The highest BCUT2D eigenvalue weighted by atomic mass is 19.1. The lowest BCUT2D eigenvalue weighted by Crippen LogP contribution is -2.31. The fourth-order valence-electron chi connectivity index (χ4n) is 1.74. The summed E-state index contributed by atoms with van der Waals surface area (Å²) in [6.07, 6.45) is 0.563. The third-order valence-electron chi connectivity index (χ3n) is 2.82. The number of aliphatic carboxylic acids is 1. The molecule has 1 amide bonds. The second-order valence-electron chi connectivity index (χ2n) is 4.74. The summed E-state index contributed by atoms with van der Waals surface area (Å²) in [7, 11) is 1.74. The van der Waals surface area contributed by atoms with Gasteiger partial charge in [-0.3, -0.25) is 14.5 Å². The zero-order valence-corrected chi connectivity index (χ0v) is 11.6. The first-order valence-corrected chi connectivity index (χ1v) is 6.35. The van der Waals surface area contributed by atoms with Crippen LogP contribution in [-0.4, -0.2) is 42.0 Å². The second kappa shape index (κ2) is 7.59. The molecule has 1 aromatic carbocycles. The average Bonchev–Trinajstić information content (AvgIpc) is 2.33. The van der Waals surface area contributed by atoms with Gasteiger partial charge in [-0.2, -0.15) is 0 Å². The molecule has 0 atom stereocenters. The van der Waals surface area contributed by atoms with Crippen LogP contribution in [0.2, 0.25) is 0 Å². The highest BCUT2D eigenvalue weighted by Crippen LogP contribution is 2.15. The number of carboxylic acid groups (broad SMARTS) is 1. The summed E-state index contributed by atoms with van der Waals surface area (Å²) in [5, 5.41) is 11.2. The molecule has 1 rings (SSSR count). The van der Waals surface area contributed by atoms with Crippen LogP contribution in [0.25, 0.3) is 0 Å². The van der Waals surface area contributed by atoms with E-state index in [9.17, 15) is 14.0 Å². The van der Waals surface area contributed by atoms with E-state index in [2.05, 4.69) is 5.32 Å². The number of carbonyl (C=O) groups excluding carboxylic acids is 1. The molecule has 0 fully saturated rings. The van der Waals surface area contributed by atoms with Crippen molar-refractivity contribution in [2.24, 2.45) is 0 Å². The molecule has 5 nitrogen and oxygen atoms in total. The third-order valence-corrected chi connectivity index (χ3v) is 2.82. The van der Waals surface area contributed by atoms with Gasteiger partial charge in [-0.15, -0.1) is 0 Å². The summed E-state index contributed by atoms with van der Waals surface area (Å²) in [6.45, 7) is 2.43. The molecule has 0 aliphatic carbocycles. The number of halogens is 1. The number of aryl methyl sites for hydroxylation is 1. The number of anilines is 1. The van der Waals surface area contributed by atoms with Gasteiger partial charge in [0.1, 0.15) is 5.82 Å². The number of nitrogens with one attached hydrogen (secondary N) is 1. The summed E-state index contributed by atoms with van der Waals surface area (Å²) >= 11 is 0. The second-order valence-corrected chi connectivity index (χ2v) is 4.74. The molecule has 0 aliphatic heterocycles. The zero-order chi connectivity index (χ0) is 15.1. The molecule has 1 aromatic rings. The molecule has 110 valence electrons. The third kappa shape index (κ3) is 5.79. The van der Waals surface area contributed by atoms with Crippen LogP contribution in [0.15, 0.2) is 18.2 Å². The minimum atomic E-state index is -0.849. The largest absolute Gasteiger partial charge is 0.481 e. The van der Waals surface area contributed by atoms with E-state index in [4.69, 9.17) is 5.11 Å². The molecule has 0 bridgehead atoms. The standard InChI is InChI=1S/C14H19FN2O3/c1-10-5-6-11(15)8-12(10)16-13(18)9-17(2)7-3-4-14(19)20/h5-6,8H,3-4,7,9H2,1-2H3,(H,16,18)(H,19,20). The molecule has 6 heteroatoms. The molecule has 0 saturated heterocycles. The van der Waals surface area contributed by atoms with Gasteiger partial charge in [0.05, 0.1) is 6.54 Å². The Morgan fingerprint density at radius 2 is 2.10 bits per heavy atom. The van der Waals surface area contributed by atoms with E-state index in [0.29, 0.717) is 18.7 Å². The van der Waals surface area contributed by atoms with Crippen LogP contribution in [0.3, 0.4) is 0 Å². The van der Waals surface area contributed by atoms with Crippen molar-refractivity contribution in [3.05, 3.63) is 29.6 Å². The molecule has 20 heavy (non-hydrogen) atoms. The summed E-state index contributed by atoms with van der Waals surface area (Å²) in [4.78, 5) is 23.9. The number of hydrogen-bond acceptors (Lipinski definition) is 3. The van der Waals surface area contributed by atoms with Crippen LogP contribution in [-0.2, 0) is 9.59 Å². The molecule has 0 heterocycles. The first-order valence-electron chi connectivity index (χ1n) is 6.35. The number of hydrogen-bond donors (Lipinski definition) is 2. The Hall–Kier alpha value is -1.95. The van der Waals surface area contributed by atoms with Crippen LogP contribution in [0.5, 0.6) is 0 Å². The number of carboxylic acids is 1. The van der Waals surface area contributed by atoms with Crippen molar-refractivity contribution in [2.75, 3.05) is 25.5 Å². The maximum Gasteiger partial charge on any atom is 0.303 e. The number of nitrogens with zero attached hydrogens (tertiary/aromatic N) is 1. The molecule has 0 aromatic heterocycles. The molecular weight excluding hydrogens is 263 g/mol. The first kappa shape index (κ1) is 16.1. The highest BCUT2D eigenvalue weighted by molar-refractivity contribution is 5.92. The Kier molecular flexibility index (Phi) is 6.11. The fraction of sp³-hybridized carbons (Fsp3) is 0.429. The Morgan fingerprint density at radius 3 is 2.75 bits per heavy atom. The van der Waals surface area contributed by atoms with E-state index in [0.717, 1.165) is 5.56 Å². The molecule has 0 radical (unpaired) electrons. The normalized spacial score (nSPS) is 10.6. The van der Waals surface area contributed by atoms with Gasteiger partial charge in [0.2, 0.25) is 5.91 Å². The Bertz CT molecular complexity index is 491. The maximum atomic E-state index is 13.1. The lowest BCUT2D eigenvalue weighted by molar-refractivity contribution is -0.137. The van der Waals surface area contributed by atoms with Crippen LogP contribution < -0.4 is 5.32 Å². The van der Waals surface area contributed by atoms with Crippen LogP contribution >= 0.6 is 0 Å². The van der Waals surface area contributed by atoms with E-state index in [1.54, 1.807) is 24.9 Å². The maximum absolute atomic E-state index is 13.1. The molecular formula is C14H19FN2O3. The van der Waals surface area contributed by atoms with Gasteiger partial charge in [-0.25, -0.2) is 4.39 Å². The Morgan fingerprint density at radius 1 is 1.40 bits per heavy atom. The van der Waals surface area contributed by atoms with Gasteiger partial charge in [0.25, 0.3) is 0 Å². The number of benzene rings is 1. The van der Waals surface area contributed by atoms with Gasteiger partial charge < -0.3 is 10.4 Å². The summed E-state index contributed by atoms with van der Waals surface area (Å²) in [5.74, 6) is -1.50. The van der Waals surface area contributed by atoms with Gasteiger partial charge >= 0.3 is 5.97 Å². The SMILES string of the molecule is Cc1ccc(F)cc1NC(=O)CN(C)CCCC(=O)O. The highest BCUT2D eigenvalue weighted by Gasteiger charge is 2.09. The van der Waals surface area contributed by atoms with E-state index < -0.39 is 11.8 Å². The minimum Gasteiger partial charge on any atom is -0.481 e. The van der Waals surface area contributed by atoms with Crippen molar-refractivity contribution >= 4 is 17.6 Å². The number of carbonyl (C=O) groups is 2. The summed E-state index contributed by atoms with van der Waals surface area (Å²) in [6, 6.07) is 4.21. The van der Waals surface area contributed by atoms with Crippen LogP contribution in [0.1, 0.15) is 18.4 Å². The molecule has 0 aliphatic rings. The summed E-state index contributed by atoms with van der Waals surface area (Å²) in [5.41, 5.74) is 1.24. The van der Waals surface area contributed by atoms with Crippen LogP contribution in [0.4, 0.5) is 10.1 Å². The summed E-state index contributed by atoms with van der Waals surface area (Å²) < 4.78 is 13.1. The minimum absolute atomic E-state index is 0.0783. The predicted octanol–water partition coefficient (Wildman–Crippen LogP) is 1.87. The van der Waals surface area contributed by atoms with Crippen molar-refractivity contribution < 1.29 is 19.1 Å². The lowest BCUT2D eigenvalue weighted by atomic mass is 10.2. The van der Waals surface area contributed by atoms with E-state index >= 15 is 0 Å². The zero-order valence-electron chi connectivity index (χ0n) is 11.6. The number of rotatable bonds is 7. The monoisotopic (exact) mass is 282 g/mol. The molecule has 2 N–H and O–H groups in total. The molecule has 0 saturated carbocycles. The van der Waals surface area contributed by atoms with E-state index in [1.807, 2.05) is 0 Å². The number of amides is 1. The van der Waals surface area contributed by atoms with E-state index in [1.165, 1.54) is 12.1 Å². The average molecular weight is 282 g/mol. The van der Waals surface area contributed by atoms with E-state index in [-0.39, 0.29) is 18.9 Å². The quantitative estimate of drug-likeness (QED) is 0.801. The predicted molar refractivity (Wildman–Crippen MR) is 74.1 cm³/mol. The molecule has 0 unspecified atom stereocenters. The first-order chi connectivity index (χ1) is 9.38. The Balaban J connectivity index is 2.43. The number of likely N-dealkylation sites (N-methyl/N-ethyl adjacent to an activating group) is 1. The smallest absolute Gasteiger partial charge is 0.303 e. The van der Waals surface area contributed by atoms with Crippen molar-refractivity contribution in [1.82, 2.24) is 4.90 Å². The lowest BCUT2D eigenvalue weighted by Gasteiger charge is -2.16. The van der Waals surface area contributed by atoms with Gasteiger partial charge in [0.15, 0.2) is 0 Å². The van der Waals surface area contributed by atoms with Gasteiger partial charge in [-0.1, -0.05) is 6.07 Å². The Labute approximate surface area is 117 Å². The van der Waals surface area contributed by atoms with Crippen molar-refractivity contribution in [3.8, 4) is 0 Å². The fourth-order valence-corrected chi connectivity index (χ4v) is 1.74.